The average Bonchev–Trinajstić information content (AvgIpc) is 2.72. The predicted molar refractivity (Wildman–Crippen MR) is 51.6 cm³/mol. The second-order valence-electron chi connectivity index (χ2n) is 4.33. The molecule has 0 unspecified atom stereocenters. The molecular formula is C12H14O. The summed E-state index contributed by atoms with van der Waals surface area (Å²) in [6.07, 6.45) is 5.57. The third-order valence-corrected chi connectivity index (χ3v) is 3.37. The first-order valence-corrected chi connectivity index (χ1v) is 5.13. The Morgan fingerprint density at radius 2 is 2.00 bits per heavy atom. The van der Waals surface area contributed by atoms with Gasteiger partial charge in [-0.3, -0.25) is 0 Å². The molecule has 0 bridgehead atoms. The molecular weight excluding hydrogens is 160 g/mol. The molecule has 2 aliphatic carbocycles. The van der Waals surface area contributed by atoms with Crippen molar-refractivity contribution in [2.45, 2.75) is 37.7 Å². The van der Waals surface area contributed by atoms with Gasteiger partial charge in [0.15, 0.2) is 0 Å². The van der Waals surface area contributed by atoms with Gasteiger partial charge < -0.3 is 5.11 Å². The molecule has 1 fully saturated rings. The standard InChI is InChI=1S/C12H14O/c13-12(7-8-12)11-6-2-4-9-3-1-5-10(9)11/h2,4,6,13H,1,3,5,7-8H2. The van der Waals surface area contributed by atoms with Crippen LogP contribution in [0.2, 0.25) is 0 Å². The number of aliphatic hydroxyl groups is 1. The van der Waals surface area contributed by atoms with Gasteiger partial charge >= 0.3 is 0 Å². The van der Waals surface area contributed by atoms with Gasteiger partial charge in [0.05, 0.1) is 5.60 Å². The zero-order valence-electron chi connectivity index (χ0n) is 7.71. The van der Waals surface area contributed by atoms with Crippen LogP contribution >= 0.6 is 0 Å². The highest BCUT2D eigenvalue weighted by atomic mass is 16.3. The molecule has 2 aliphatic rings. The summed E-state index contributed by atoms with van der Waals surface area (Å²) in [5.41, 5.74) is 3.71. The van der Waals surface area contributed by atoms with E-state index in [1.54, 1.807) is 0 Å². The van der Waals surface area contributed by atoms with Crippen molar-refractivity contribution in [3.8, 4) is 0 Å². The molecule has 3 rings (SSSR count). The van der Waals surface area contributed by atoms with E-state index in [0.717, 1.165) is 12.8 Å². The minimum Gasteiger partial charge on any atom is -0.385 e. The first kappa shape index (κ1) is 7.57. The molecule has 0 aliphatic heterocycles. The molecule has 0 atom stereocenters. The van der Waals surface area contributed by atoms with Crippen molar-refractivity contribution in [3.05, 3.63) is 34.9 Å². The second kappa shape index (κ2) is 2.36. The summed E-state index contributed by atoms with van der Waals surface area (Å²) in [5.74, 6) is 0. The van der Waals surface area contributed by atoms with E-state index in [2.05, 4.69) is 18.2 Å². The fraction of sp³-hybridized carbons (Fsp3) is 0.500. The Labute approximate surface area is 78.4 Å². The molecule has 0 amide bonds. The minimum absolute atomic E-state index is 0.435. The lowest BCUT2D eigenvalue weighted by Crippen LogP contribution is -2.07. The summed E-state index contributed by atoms with van der Waals surface area (Å²) in [6.45, 7) is 0. The van der Waals surface area contributed by atoms with Gasteiger partial charge in [0.2, 0.25) is 0 Å². The summed E-state index contributed by atoms with van der Waals surface area (Å²) in [6, 6.07) is 6.41. The van der Waals surface area contributed by atoms with Crippen molar-refractivity contribution in [3.63, 3.8) is 0 Å². The van der Waals surface area contributed by atoms with E-state index in [9.17, 15) is 5.11 Å². The Morgan fingerprint density at radius 3 is 2.77 bits per heavy atom. The van der Waals surface area contributed by atoms with Gasteiger partial charge in [0.25, 0.3) is 0 Å². The molecule has 1 saturated carbocycles. The Hall–Kier alpha value is -0.820. The van der Waals surface area contributed by atoms with Crippen molar-refractivity contribution in [1.82, 2.24) is 0 Å². The molecule has 0 saturated heterocycles. The highest BCUT2D eigenvalue weighted by Gasteiger charge is 2.44. The summed E-state index contributed by atoms with van der Waals surface area (Å²) < 4.78 is 0. The highest BCUT2D eigenvalue weighted by molar-refractivity contribution is 5.43. The first-order valence-electron chi connectivity index (χ1n) is 5.13. The maximum Gasteiger partial charge on any atom is 0.0901 e. The smallest absolute Gasteiger partial charge is 0.0901 e. The van der Waals surface area contributed by atoms with Gasteiger partial charge in [-0.05, 0) is 48.8 Å². The van der Waals surface area contributed by atoms with Crippen LogP contribution in [0.1, 0.15) is 36.0 Å². The Balaban J connectivity index is 2.15. The van der Waals surface area contributed by atoms with E-state index >= 15 is 0 Å². The molecule has 13 heavy (non-hydrogen) atoms. The van der Waals surface area contributed by atoms with E-state index in [4.69, 9.17) is 0 Å². The van der Waals surface area contributed by atoms with Crippen LogP contribution in [-0.4, -0.2) is 5.11 Å². The molecule has 68 valence electrons. The average molecular weight is 174 g/mol. The van der Waals surface area contributed by atoms with Gasteiger partial charge in [0.1, 0.15) is 0 Å². The van der Waals surface area contributed by atoms with E-state index in [1.807, 2.05) is 0 Å². The lowest BCUT2D eigenvalue weighted by atomic mass is 9.98. The number of aryl methyl sites for hydroxylation is 1. The monoisotopic (exact) mass is 174 g/mol. The maximum atomic E-state index is 10.1. The van der Waals surface area contributed by atoms with Crippen LogP contribution in [0, 0.1) is 0 Å². The van der Waals surface area contributed by atoms with Crippen LogP contribution in [0.3, 0.4) is 0 Å². The lowest BCUT2D eigenvalue weighted by molar-refractivity contribution is 0.150. The normalized spacial score (nSPS) is 22.8. The molecule has 1 aromatic carbocycles. The molecule has 1 aromatic rings. The molecule has 1 heteroatoms. The quantitative estimate of drug-likeness (QED) is 0.691. The Bertz CT molecular complexity index is 350. The number of hydrogen-bond donors (Lipinski definition) is 1. The number of benzene rings is 1. The SMILES string of the molecule is OC1(c2cccc3c2CCC3)CC1. The van der Waals surface area contributed by atoms with Crippen molar-refractivity contribution in [1.29, 1.82) is 0 Å². The lowest BCUT2D eigenvalue weighted by Gasteiger charge is -2.13. The van der Waals surface area contributed by atoms with Gasteiger partial charge in [0, 0.05) is 0 Å². The van der Waals surface area contributed by atoms with Gasteiger partial charge in [-0.25, -0.2) is 0 Å². The zero-order chi connectivity index (χ0) is 8.89. The van der Waals surface area contributed by atoms with Crippen LogP contribution in [0.25, 0.3) is 0 Å². The third-order valence-electron chi connectivity index (χ3n) is 3.37. The number of rotatable bonds is 1. The summed E-state index contributed by atoms with van der Waals surface area (Å²) in [5, 5.41) is 10.1. The molecule has 0 spiro atoms. The van der Waals surface area contributed by atoms with Crippen LogP contribution in [0.4, 0.5) is 0 Å². The van der Waals surface area contributed by atoms with E-state index < -0.39 is 5.60 Å². The fourth-order valence-electron chi connectivity index (χ4n) is 2.44. The van der Waals surface area contributed by atoms with Gasteiger partial charge in [-0.15, -0.1) is 0 Å². The highest BCUT2D eigenvalue weighted by Crippen LogP contribution is 2.48. The van der Waals surface area contributed by atoms with Crippen molar-refractivity contribution >= 4 is 0 Å². The first-order chi connectivity index (χ1) is 6.30. The predicted octanol–water partition coefficient (Wildman–Crippen LogP) is 2.16. The van der Waals surface area contributed by atoms with Gasteiger partial charge in [-0.1, -0.05) is 18.2 Å². The minimum atomic E-state index is -0.435. The fourth-order valence-corrected chi connectivity index (χ4v) is 2.44. The molecule has 1 N–H and O–H groups in total. The maximum absolute atomic E-state index is 10.1. The Morgan fingerprint density at radius 1 is 1.15 bits per heavy atom. The van der Waals surface area contributed by atoms with Crippen LogP contribution in [-0.2, 0) is 18.4 Å². The molecule has 0 heterocycles. The summed E-state index contributed by atoms with van der Waals surface area (Å²) >= 11 is 0. The topological polar surface area (TPSA) is 20.2 Å². The van der Waals surface area contributed by atoms with Crippen LogP contribution in [0.15, 0.2) is 18.2 Å². The number of hydrogen-bond acceptors (Lipinski definition) is 1. The number of fused-ring (bicyclic) bond motifs is 1. The summed E-state index contributed by atoms with van der Waals surface area (Å²) in [7, 11) is 0. The van der Waals surface area contributed by atoms with Crippen LogP contribution < -0.4 is 0 Å². The van der Waals surface area contributed by atoms with Crippen molar-refractivity contribution in [2.24, 2.45) is 0 Å². The molecule has 0 radical (unpaired) electrons. The van der Waals surface area contributed by atoms with E-state index in [1.165, 1.54) is 36.0 Å². The van der Waals surface area contributed by atoms with Crippen LogP contribution in [0.5, 0.6) is 0 Å². The zero-order valence-corrected chi connectivity index (χ0v) is 7.71. The second-order valence-corrected chi connectivity index (χ2v) is 4.33. The van der Waals surface area contributed by atoms with E-state index in [0.29, 0.717) is 0 Å². The van der Waals surface area contributed by atoms with Crippen molar-refractivity contribution < 1.29 is 5.11 Å². The van der Waals surface area contributed by atoms with E-state index in [-0.39, 0.29) is 0 Å². The molecule has 1 nitrogen and oxygen atoms in total. The van der Waals surface area contributed by atoms with Gasteiger partial charge in [-0.2, -0.15) is 0 Å². The summed E-state index contributed by atoms with van der Waals surface area (Å²) in [4.78, 5) is 0. The van der Waals surface area contributed by atoms with Crippen molar-refractivity contribution in [2.75, 3.05) is 0 Å². The largest absolute Gasteiger partial charge is 0.385 e. The third kappa shape index (κ3) is 1.03. The Kier molecular flexibility index (Phi) is 1.37. The molecule has 0 aromatic heterocycles.